The molecule has 4 rings (SSSR count). The molecule has 4 aliphatic rings. The Bertz CT molecular complexity index is 273. The molecule has 0 saturated heterocycles. The van der Waals surface area contributed by atoms with E-state index in [0.29, 0.717) is 12.3 Å². The van der Waals surface area contributed by atoms with Gasteiger partial charge in [-0.05, 0) is 44.6 Å². The largest absolute Gasteiger partial charge is 0.390 e. The third-order valence-electron chi connectivity index (χ3n) is 4.56. The molecule has 0 heterocycles. The van der Waals surface area contributed by atoms with Crippen LogP contribution in [0, 0.1) is 5.92 Å². The third kappa shape index (κ3) is 1.44. The monoisotopic (exact) mass is 211 g/mol. The highest BCUT2D eigenvalue weighted by Crippen LogP contribution is 2.59. The van der Waals surface area contributed by atoms with E-state index in [1.807, 2.05) is 0 Å². The molecule has 0 spiro atoms. The van der Waals surface area contributed by atoms with Gasteiger partial charge in [0.25, 0.3) is 0 Å². The van der Waals surface area contributed by atoms with Crippen molar-refractivity contribution >= 4 is 0 Å². The number of aliphatic hydroxyl groups is 2. The zero-order chi connectivity index (χ0) is 10.7. The van der Waals surface area contributed by atoms with Crippen molar-refractivity contribution in [2.24, 2.45) is 5.92 Å². The average Bonchev–Trinajstić information content (AvgIpc) is 1.94. The number of nitrogens with one attached hydrogen (secondary N) is 1. The molecule has 0 amide bonds. The van der Waals surface area contributed by atoms with Gasteiger partial charge in [0.15, 0.2) is 0 Å². The summed E-state index contributed by atoms with van der Waals surface area (Å²) in [6.07, 6.45) is 5.24. The first-order valence-electron chi connectivity index (χ1n) is 6.16. The SMILES string of the molecule is CCNC12CC3CC(O)(CC(O)(C3)C1)C2. The summed E-state index contributed by atoms with van der Waals surface area (Å²) in [5.41, 5.74) is -1.15. The van der Waals surface area contributed by atoms with E-state index >= 15 is 0 Å². The molecule has 4 saturated carbocycles. The zero-order valence-corrected chi connectivity index (χ0v) is 9.42. The van der Waals surface area contributed by atoms with Gasteiger partial charge in [0.1, 0.15) is 0 Å². The van der Waals surface area contributed by atoms with Gasteiger partial charge in [-0.15, -0.1) is 0 Å². The fourth-order valence-corrected chi connectivity index (χ4v) is 4.91. The molecule has 15 heavy (non-hydrogen) atoms. The first-order chi connectivity index (χ1) is 6.97. The van der Waals surface area contributed by atoms with E-state index in [-0.39, 0.29) is 5.54 Å². The van der Waals surface area contributed by atoms with Crippen LogP contribution in [0.15, 0.2) is 0 Å². The predicted molar refractivity (Wildman–Crippen MR) is 57.5 cm³/mol. The van der Waals surface area contributed by atoms with Crippen molar-refractivity contribution in [2.45, 2.75) is 62.2 Å². The van der Waals surface area contributed by atoms with Crippen molar-refractivity contribution < 1.29 is 10.2 Å². The summed E-state index contributed by atoms with van der Waals surface area (Å²) in [6.45, 7) is 3.03. The van der Waals surface area contributed by atoms with Crippen molar-refractivity contribution in [1.82, 2.24) is 5.32 Å². The molecule has 0 radical (unpaired) electrons. The second-order valence-corrected chi connectivity index (χ2v) is 6.27. The topological polar surface area (TPSA) is 52.5 Å². The molecule has 0 aromatic carbocycles. The number of rotatable bonds is 2. The van der Waals surface area contributed by atoms with Gasteiger partial charge in [-0.1, -0.05) is 6.92 Å². The lowest BCUT2D eigenvalue weighted by molar-refractivity contribution is -0.211. The van der Waals surface area contributed by atoms with Gasteiger partial charge in [-0.25, -0.2) is 0 Å². The smallest absolute Gasteiger partial charge is 0.0695 e. The Morgan fingerprint density at radius 2 is 1.67 bits per heavy atom. The lowest BCUT2D eigenvalue weighted by Crippen LogP contribution is -2.70. The maximum atomic E-state index is 10.5. The molecular weight excluding hydrogens is 190 g/mol. The van der Waals surface area contributed by atoms with Crippen LogP contribution < -0.4 is 5.32 Å². The number of hydrogen-bond acceptors (Lipinski definition) is 3. The van der Waals surface area contributed by atoms with E-state index in [4.69, 9.17) is 0 Å². The minimum absolute atomic E-state index is 0.0255. The number of hydrogen-bond donors (Lipinski definition) is 3. The van der Waals surface area contributed by atoms with Gasteiger partial charge in [0, 0.05) is 12.0 Å². The predicted octanol–water partition coefficient (Wildman–Crippen LogP) is 0.794. The fourth-order valence-electron chi connectivity index (χ4n) is 4.91. The van der Waals surface area contributed by atoms with Gasteiger partial charge < -0.3 is 15.5 Å². The van der Waals surface area contributed by atoms with Gasteiger partial charge in [0.2, 0.25) is 0 Å². The third-order valence-corrected chi connectivity index (χ3v) is 4.56. The molecule has 3 heteroatoms. The Morgan fingerprint density at radius 1 is 1.07 bits per heavy atom. The fraction of sp³-hybridized carbons (Fsp3) is 1.00. The first-order valence-corrected chi connectivity index (χ1v) is 6.16. The maximum absolute atomic E-state index is 10.5. The summed E-state index contributed by atoms with van der Waals surface area (Å²) in [6, 6.07) is 0. The van der Waals surface area contributed by atoms with Crippen LogP contribution in [-0.4, -0.2) is 33.5 Å². The summed E-state index contributed by atoms with van der Waals surface area (Å²) < 4.78 is 0. The zero-order valence-electron chi connectivity index (χ0n) is 9.42. The standard InChI is InChI=1S/C12H21NO2/c1-2-13-10-3-9-4-11(14,6-10)8-12(15,5-9)7-10/h9,13-15H,2-8H2,1H3. The van der Waals surface area contributed by atoms with E-state index in [0.717, 1.165) is 38.6 Å². The maximum Gasteiger partial charge on any atom is 0.0695 e. The lowest BCUT2D eigenvalue weighted by atomic mass is 9.49. The molecular formula is C12H21NO2. The van der Waals surface area contributed by atoms with Crippen molar-refractivity contribution in [3.05, 3.63) is 0 Å². The van der Waals surface area contributed by atoms with Crippen molar-refractivity contribution in [1.29, 1.82) is 0 Å². The van der Waals surface area contributed by atoms with Crippen molar-refractivity contribution in [3.8, 4) is 0 Å². The summed E-state index contributed by atoms with van der Waals surface area (Å²) in [5, 5.41) is 24.4. The minimum Gasteiger partial charge on any atom is -0.390 e. The Balaban J connectivity index is 1.94. The van der Waals surface area contributed by atoms with Crippen LogP contribution in [0.2, 0.25) is 0 Å². The second kappa shape index (κ2) is 2.76. The van der Waals surface area contributed by atoms with Crippen LogP contribution in [0.25, 0.3) is 0 Å². The molecule has 0 aromatic heterocycles. The Hall–Kier alpha value is -0.120. The molecule has 0 aromatic rings. The molecule has 2 unspecified atom stereocenters. The molecule has 4 aliphatic carbocycles. The van der Waals surface area contributed by atoms with Crippen LogP contribution >= 0.6 is 0 Å². The quantitative estimate of drug-likeness (QED) is 0.633. The van der Waals surface area contributed by atoms with Gasteiger partial charge in [0.05, 0.1) is 11.2 Å². The highest BCUT2D eigenvalue weighted by atomic mass is 16.3. The van der Waals surface area contributed by atoms with Crippen LogP contribution in [-0.2, 0) is 0 Å². The van der Waals surface area contributed by atoms with E-state index < -0.39 is 11.2 Å². The molecule has 4 bridgehead atoms. The highest BCUT2D eigenvalue weighted by Gasteiger charge is 2.62. The Morgan fingerprint density at radius 3 is 2.13 bits per heavy atom. The average molecular weight is 211 g/mol. The van der Waals surface area contributed by atoms with Crippen molar-refractivity contribution in [2.75, 3.05) is 6.54 Å². The lowest BCUT2D eigenvalue weighted by Gasteiger charge is -2.63. The molecule has 3 nitrogen and oxygen atoms in total. The molecule has 4 fully saturated rings. The van der Waals surface area contributed by atoms with Gasteiger partial charge in [-0.2, -0.15) is 0 Å². The van der Waals surface area contributed by atoms with Crippen LogP contribution in [0.3, 0.4) is 0 Å². The van der Waals surface area contributed by atoms with Crippen LogP contribution in [0.1, 0.15) is 45.4 Å². The molecule has 0 aliphatic heterocycles. The van der Waals surface area contributed by atoms with E-state index in [1.165, 1.54) is 0 Å². The summed E-state index contributed by atoms with van der Waals surface area (Å²) in [5.74, 6) is 0.523. The normalized spacial score (nSPS) is 57.4. The summed E-state index contributed by atoms with van der Waals surface area (Å²) >= 11 is 0. The summed E-state index contributed by atoms with van der Waals surface area (Å²) in [4.78, 5) is 0. The molecule has 86 valence electrons. The van der Waals surface area contributed by atoms with E-state index in [1.54, 1.807) is 0 Å². The van der Waals surface area contributed by atoms with E-state index in [2.05, 4.69) is 12.2 Å². The first kappa shape index (κ1) is 10.1. The molecule has 3 N–H and O–H groups in total. The molecule has 2 atom stereocenters. The summed E-state index contributed by atoms with van der Waals surface area (Å²) in [7, 11) is 0. The van der Waals surface area contributed by atoms with Crippen LogP contribution in [0.4, 0.5) is 0 Å². The van der Waals surface area contributed by atoms with Crippen LogP contribution in [0.5, 0.6) is 0 Å². The minimum atomic E-state index is -0.587. The highest BCUT2D eigenvalue weighted by molar-refractivity contribution is 5.17. The van der Waals surface area contributed by atoms with Crippen molar-refractivity contribution in [3.63, 3.8) is 0 Å². The van der Waals surface area contributed by atoms with Gasteiger partial charge >= 0.3 is 0 Å². The van der Waals surface area contributed by atoms with Gasteiger partial charge in [-0.3, -0.25) is 0 Å². The Kier molecular flexibility index (Phi) is 1.85. The second-order valence-electron chi connectivity index (χ2n) is 6.27. The Labute approximate surface area is 90.9 Å². The van der Waals surface area contributed by atoms with E-state index in [9.17, 15) is 10.2 Å².